The van der Waals surface area contributed by atoms with Gasteiger partial charge in [-0.3, -0.25) is 10.1 Å². The Bertz CT molecular complexity index is 507. The van der Waals surface area contributed by atoms with Gasteiger partial charge < -0.3 is 4.90 Å². The van der Waals surface area contributed by atoms with Gasteiger partial charge in [0.05, 0.1) is 6.04 Å². The third-order valence-electron chi connectivity index (χ3n) is 4.90. The molecular weight excluding hydrogens is 280 g/mol. The number of thiophene rings is 1. The highest BCUT2D eigenvalue weighted by Gasteiger charge is 2.41. The summed E-state index contributed by atoms with van der Waals surface area (Å²) < 4.78 is 0. The largest absolute Gasteiger partial charge is 0.321 e. The molecule has 0 radical (unpaired) electrons. The molecule has 0 spiro atoms. The molecule has 1 aliphatic heterocycles. The highest BCUT2D eigenvalue weighted by molar-refractivity contribution is 7.12. The van der Waals surface area contributed by atoms with Crippen LogP contribution in [0.3, 0.4) is 0 Å². The van der Waals surface area contributed by atoms with Crippen molar-refractivity contribution in [1.29, 1.82) is 0 Å². The van der Waals surface area contributed by atoms with Crippen LogP contribution >= 0.6 is 11.3 Å². The van der Waals surface area contributed by atoms with E-state index in [4.69, 9.17) is 0 Å². The van der Waals surface area contributed by atoms with E-state index in [1.165, 1.54) is 35.4 Å². The molecule has 2 fully saturated rings. The Kier molecular flexibility index (Phi) is 4.36. The monoisotopic (exact) mass is 306 g/mol. The first-order valence-electron chi connectivity index (χ1n) is 8.19. The number of carbonyl (C=O) groups is 1. The fourth-order valence-corrected chi connectivity index (χ4v) is 4.24. The molecule has 2 aliphatic rings. The smallest absolute Gasteiger partial charge is 0.241 e. The van der Waals surface area contributed by atoms with Gasteiger partial charge in [0.2, 0.25) is 5.91 Å². The van der Waals surface area contributed by atoms with Gasteiger partial charge in [-0.25, -0.2) is 0 Å². The van der Waals surface area contributed by atoms with Gasteiger partial charge in [-0.2, -0.15) is 0 Å². The van der Waals surface area contributed by atoms with Crippen molar-refractivity contribution in [1.82, 2.24) is 10.2 Å². The second-order valence-electron chi connectivity index (χ2n) is 6.86. The van der Waals surface area contributed by atoms with Crippen LogP contribution < -0.4 is 5.32 Å². The van der Waals surface area contributed by atoms with E-state index in [1.807, 2.05) is 0 Å². The number of hydrogen-bond acceptors (Lipinski definition) is 3. The highest BCUT2D eigenvalue weighted by atomic mass is 32.1. The Balaban J connectivity index is 1.75. The van der Waals surface area contributed by atoms with Gasteiger partial charge in [0.25, 0.3) is 0 Å². The van der Waals surface area contributed by atoms with Crippen LogP contribution in [0.5, 0.6) is 0 Å². The summed E-state index contributed by atoms with van der Waals surface area (Å²) in [6.45, 7) is 7.29. The summed E-state index contributed by atoms with van der Waals surface area (Å²) >= 11 is 1.80. The molecule has 1 amide bonds. The standard InChI is InChI=1S/C17H26N2OS/c1-11(2)15-17(20)19(10-9-13-5-4-6-13)16(18-15)14-8-7-12(3)21-14/h7-8,11,13,15-16,18H,4-6,9-10H2,1-3H3. The van der Waals surface area contributed by atoms with Crippen LogP contribution in [-0.2, 0) is 4.79 Å². The number of carbonyl (C=O) groups excluding carboxylic acids is 1. The SMILES string of the molecule is Cc1ccc(C2NC(C(C)C)C(=O)N2CCC2CCC2)s1. The normalized spacial score (nSPS) is 26.7. The van der Waals surface area contributed by atoms with Crippen LogP contribution in [0, 0.1) is 18.8 Å². The predicted octanol–water partition coefficient (Wildman–Crippen LogP) is 3.70. The fourth-order valence-electron chi connectivity index (χ4n) is 3.29. The first-order chi connectivity index (χ1) is 10.1. The lowest BCUT2D eigenvalue weighted by atomic mass is 9.83. The molecule has 3 rings (SSSR count). The van der Waals surface area contributed by atoms with Crippen molar-refractivity contribution < 1.29 is 4.79 Å². The molecule has 2 atom stereocenters. The van der Waals surface area contributed by atoms with Gasteiger partial charge in [-0.1, -0.05) is 33.1 Å². The first-order valence-corrected chi connectivity index (χ1v) is 9.01. The minimum atomic E-state index is -0.0289. The van der Waals surface area contributed by atoms with Crippen molar-refractivity contribution in [2.75, 3.05) is 6.54 Å². The summed E-state index contributed by atoms with van der Waals surface area (Å²) in [6, 6.07) is 4.29. The number of hydrogen-bond donors (Lipinski definition) is 1. The van der Waals surface area contributed by atoms with Crippen molar-refractivity contribution in [3.8, 4) is 0 Å². The van der Waals surface area contributed by atoms with Crippen LogP contribution in [0.2, 0.25) is 0 Å². The quantitative estimate of drug-likeness (QED) is 0.899. The van der Waals surface area contributed by atoms with Crippen molar-refractivity contribution in [3.05, 3.63) is 21.9 Å². The molecule has 1 aromatic rings. The molecule has 1 aliphatic carbocycles. The summed E-state index contributed by atoms with van der Waals surface area (Å²) in [5.41, 5.74) is 0. The van der Waals surface area contributed by atoms with Crippen molar-refractivity contribution in [2.24, 2.45) is 11.8 Å². The number of amides is 1. The lowest BCUT2D eigenvalue weighted by molar-refractivity contribution is -0.131. The Morgan fingerprint density at radius 2 is 2.14 bits per heavy atom. The van der Waals surface area contributed by atoms with E-state index < -0.39 is 0 Å². The number of rotatable bonds is 5. The van der Waals surface area contributed by atoms with Crippen LogP contribution in [0.4, 0.5) is 0 Å². The maximum Gasteiger partial charge on any atom is 0.241 e. The summed E-state index contributed by atoms with van der Waals surface area (Å²) in [5, 5.41) is 3.57. The van der Waals surface area contributed by atoms with Gasteiger partial charge in [0.15, 0.2) is 0 Å². The Morgan fingerprint density at radius 1 is 1.38 bits per heavy atom. The predicted molar refractivity (Wildman–Crippen MR) is 87.2 cm³/mol. The minimum Gasteiger partial charge on any atom is -0.321 e. The molecule has 1 aromatic heterocycles. The second-order valence-corrected chi connectivity index (χ2v) is 8.18. The lowest BCUT2D eigenvalue weighted by Gasteiger charge is -2.29. The average Bonchev–Trinajstić information content (AvgIpc) is 2.92. The summed E-state index contributed by atoms with van der Waals surface area (Å²) in [4.78, 5) is 17.4. The molecule has 0 aromatic carbocycles. The molecule has 1 saturated carbocycles. The minimum absolute atomic E-state index is 0.0289. The first kappa shape index (κ1) is 15.0. The van der Waals surface area contributed by atoms with Gasteiger partial charge in [0, 0.05) is 16.3 Å². The van der Waals surface area contributed by atoms with Crippen LogP contribution in [0.1, 0.15) is 55.5 Å². The molecule has 3 nitrogen and oxygen atoms in total. The van der Waals surface area contributed by atoms with Crippen LogP contribution in [0.15, 0.2) is 12.1 Å². The fraction of sp³-hybridized carbons (Fsp3) is 0.706. The van der Waals surface area contributed by atoms with Gasteiger partial charge >= 0.3 is 0 Å². The molecule has 116 valence electrons. The molecule has 4 heteroatoms. The molecule has 1 N–H and O–H groups in total. The van der Waals surface area contributed by atoms with E-state index in [0.717, 1.165) is 12.5 Å². The van der Waals surface area contributed by atoms with Crippen LogP contribution in [0.25, 0.3) is 0 Å². The zero-order chi connectivity index (χ0) is 15.0. The van der Waals surface area contributed by atoms with Gasteiger partial charge in [-0.05, 0) is 37.3 Å². The Morgan fingerprint density at radius 3 is 2.67 bits per heavy atom. The summed E-state index contributed by atoms with van der Waals surface area (Å²) in [5.74, 6) is 1.48. The summed E-state index contributed by atoms with van der Waals surface area (Å²) in [6.07, 6.45) is 5.33. The molecule has 2 heterocycles. The Labute approximate surface area is 131 Å². The van der Waals surface area contributed by atoms with E-state index in [1.54, 1.807) is 11.3 Å². The molecule has 1 saturated heterocycles. The molecular formula is C17H26N2OS. The van der Waals surface area contributed by atoms with Gasteiger partial charge in [-0.15, -0.1) is 11.3 Å². The molecule has 2 unspecified atom stereocenters. The summed E-state index contributed by atoms with van der Waals surface area (Å²) in [7, 11) is 0. The third kappa shape index (κ3) is 3.02. The lowest BCUT2D eigenvalue weighted by Crippen LogP contribution is -2.35. The second kappa shape index (κ2) is 6.09. The van der Waals surface area contributed by atoms with E-state index in [9.17, 15) is 4.79 Å². The Hall–Kier alpha value is -0.870. The average molecular weight is 306 g/mol. The number of nitrogens with zero attached hydrogens (tertiary/aromatic N) is 1. The zero-order valence-corrected chi connectivity index (χ0v) is 14.1. The van der Waals surface area contributed by atoms with Crippen LogP contribution in [-0.4, -0.2) is 23.4 Å². The van der Waals surface area contributed by atoms with Crippen molar-refractivity contribution in [2.45, 2.75) is 58.7 Å². The maximum atomic E-state index is 12.7. The topological polar surface area (TPSA) is 32.3 Å². The van der Waals surface area contributed by atoms with E-state index in [2.05, 4.69) is 43.1 Å². The van der Waals surface area contributed by atoms with Crippen molar-refractivity contribution >= 4 is 17.2 Å². The van der Waals surface area contributed by atoms with E-state index in [-0.39, 0.29) is 12.2 Å². The highest BCUT2D eigenvalue weighted by Crippen LogP contribution is 2.35. The van der Waals surface area contributed by atoms with Gasteiger partial charge in [0.1, 0.15) is 6.17 Å². The van der Waals surface area contributed by atoms with Crippen molar-refractivity contribution in [3.63, 3.8) is 0 Å². The molecule has 21 heavy (non-hydrogen) atoms. The zero-order valence-electron chi connectivity index (χ0n) is 13.3. The van der Waals surface area contributed by atoms with E-state index in [0.29, 0.717) is 11.8 Å². The number of nitrogens with one attached hydrogen (secondary N) is 1. The number of aryl methyl sites for hydroxylation is 1. The molecule has 0 bridgehead atoms. The van der Waals surface area contributed by atoms with E-state index >= 15 is 0 Å². The maximum absolute atomic E-state index is 12.7. The third-order valence-corrected chi connectivity index (χ3v) is 5.95.